The van der Waals surface area contributed by atoms with Gasteiger partial charge in [0, 0.05) is 30.5 Å². The van der Waals surface area contributed by atoms with E-state index >= 15 is 0 Å². The minimum absolute atomic E-state index is 0.0588. The molecule has 8 nitrogen and oxygen atoms in total. The first-order chi connectivity index (χ1) is 15.4. The summed E-state index contributed by atoms with van der Waals surface area (Å²) in [4.78, 5) is 43.3. The fourth-order valence-electron chi connectivity index (χ4n) is 3.46. The third-order valence-corrected chi connectivity index (χ3v) is 6.17. The number of carbonyl (C=O) groups is 3. The monoisotopic (exact) mass is 456 g/mol. The molecular formula is C23H28N4O4S. The predicted molar refractivity (Wildman–Crippen MR) is 124 cm³/mol. The number of anilines is 1. The van der Waals surface area contributed by atoms with Crippen LogP contribution in [-0.4, -0.2) is 53.8 Å². The van der Waals surface area contributed by atoms with E-state index in [1.165, 1.54) is 17.4 Å². The minimum Gasteiger partial charge on any atom is -0.497 e. The van der Waals surface area contributed by atoms with E-state index in [1.54, 1.807) is 25.0 Å². The molecule has 1 atom stereocenters. The Morgan fingerprint density at radius 3 is 2.50 bits per heavy atom. The summed E-state index contributed by atoms with van der Waals surface area (Å²) in [6, 6.07) is 6.66. The molecule has 1 aromatic heterocycles. The van der Waals surface area contributed by atoms with Gasteiger partial charge in [-0.2, -0.15) is 0 Å². The molecular weight excluding hydrogens is 428 g/mol. The van der Waals surface area contributed by atoms with Gasteiger partial charge in [-0.25, -0.2) is 4.98 Å². The van der Waals surface area contributed by atoms with E-state index in [-0.39, 0.29) is 23.6 Å². The van der Waals surface area contributed by atoms with E-state index in [0.717, 1.165) is 17.0 Å². The Bertz CT molecular complexity index is 978. The van der Waals surface area contributed by atoms with Gasteiger partial charge < -0.3 is 20.3 Å². The van der Waals surface area contributed by atoms with Crippen LogP contribution in [0.1, 0.15) is 31.0 Å². The molecule has 0 radical (unpaired) electrons. The molecule has 1 aromatic carbocycles. The van der Waals surface area contributed by atoms with E-state index in [9.17, 15) is 14.4 Å². The van der Waals surface area contributed by atoms with Gasteiger partial charge in [0.05, 0.1) is 12.8 Å². The summed E-state index contributed by atoms with van der Waals surface area (Å²) < 4.78 is 5.11. The predicted octanol–water partition coefficient (Wildman–Crippen LogP) is 2.86. The minimum atomic E-state index is -0.647. The topological polar surface area (TPSA) is 101 Å². The lowest BCUT2D eigenvalue weighted by Gasteiger charge is -2.33. The zero-order valence-electron chi connectivity index (χ0n) is 18.5. The van der Waals surface area contributed by atoms with Crippen molar-refractivity contribution in [3.63, 3.8) is 0 Å². The zero-order valence-corrected chi connectivity index (χ0v) is 19.3. The highest BCUT2D eigenvalue weighted by Gasteiger charge is 2.30. The quantitative estimate of drug-likeness (QED) is 0.624. The number of nitrogens with one attached hydrogen (secondary N) is 2. The SMILES string of the molecule is COc1ccc(C=CC(=O)NC(C)C(=O)N2CCC(C(=O)Nc3nc(C)cs3)CC2)cc1. The molecule has 1 saturated heterocycles. The van der Waals surface area contributed by atoms with Crippen LogP contribution in [0.3, 0.4) is 0 Å². The maximum Gasteiger partial charge on any atom is 0.244 e. The smallest absolute Gasteiger partial charge is 0.244 e. The molecule has 1 aliphatic heterocycles. The highest BCUT2D eigenvalue weighted by Crippen LogP contribution is 2.21. The van der Waals surface area contributed by atoms with Crippen LogP contribution in [0, 0.1) is 12.8 Å². The molecule has 0 spiro atoms. The average molecular weight is 457 g/mol. The molecule has 1 aliphatic rings. The standard InChI is InChI=1S/C23H28N4O4S/c1-15-14-32-23(24-15)26-21(29)18-10-12-27(13-11-18)22(30)16(2)25-20(28)9-6-17-4-7-19(31-3)8-5-17/h4-9,14,16,18H,10-13H2,1-3H3,(H,25,28)(H,24,26,29). The molecule has 3 amide bonds. The number of nitrogens with zero attached hydrogens (tertiary/aromatic N) is 2. The van der Waals surface area contributed by atoms with Gasteiger partial charge in [-0.15, -0.1) is 11.3 Å². The molecule has 0 aliphatic carbocycles. The Hall–Kier alpha value is -3.20. The Kier molecular flexibility index (Phi) is 7.99. The van der Waals surface area contributed by atoms with Crippen molar-refractivity contribution in [1.29, 1.82) is 0 Å². The van der Waals surface area contributed by atoms with Gasteiger partial charge in [0.15, 0.2) is 5.13 Å². The lowest BCUT2D eigenvalue weighted by Crippen LogP contribution is -2.50. The van der Waals surface area contributed by atoms with E-state index in [1.807, 2.05) is 36.6 Å². The third kappa shape index (κ3) is 6.40. The number of aryl methyl sites for hydroxylation is 1. The summed E-state index contributed by atoms with van der Waals surface area (Å²) in [5, 5.41) is 8.05. The second-order valence-corrected chi connectivity index (χ2v) is 8.58. The van der Waals surface area contributed by atoms with Crippen LogP contribution in [0.5, 0.6) is 5.75 Å². The molecule has 2 heterocycles. The normalized spacial score (nSPS) is 15.4. The summed E-state index contributed by atoms with van der Waals surface area (Å²) in [6.07, 6.45) is 4.25. The van der Waals surface area contributed by atoms with E-state index in [0.29, 0.717) is 31.1 Å². The third-order valence-electron chi connectivity index (χ3n) is 5.30. The number of methoxy groups -OCH3 is 1. The highest BCUT2D eigenvalue weighted by atomic mass is 32.1. The number of thiazole rings is 1. The van der Waals surface area contributed by atoms with Crippen LogP contribution in [0.15, 0.2) is 35.7 Å². The van der Waals surface area contributed by atoms with Gasteiger partial charge in [-0.1, -0.05) is 12.1 Å². The van der Waals surface area contributed by atoms with Crippen molar-refractivity contribution in [1.82, 2.24) is 15.2 Å². The Morgan fingerprint density at radius 1 is 1.22 bits per heavy atom. The van der Waals surface area contributed by atoms with Crippen molar-refractivity contribution in [2.45, 2.75) is 32.7 Å². The maximum absolute atomic E-state index is 12.7. The molecule has 170 valence electrons. The number of hydrogen-bond acceptors (Lipinski definition) is 6. The number of carbonyl (C=O) groups excluding carboxylic acids is 3. The maximum atomic E-state index is 12.7. The second kappa shape index (κ2) is 10.9. The average Bonchev–Trinajstić information content (AvgIpc) is 3.21. The molecule has 9 heteroatoms. The van der Waals surface area contributed by atoms with Crippen molar-refractivity contribution < 1.29 is 19.1 Å². The van der Waals surface area contributed by atoms with Crippen LogP contribution in [-0.2, 0) is 14.4 Å². The lowest BCUT2D eigenvalue weighted by molar-refractivity contribution is -0.137. The first-order valence-electron chi connectivity index (χ1n) is 10.5. The number of piperidine rings is 1. The second-order valence-electron chi connectivity index (χ2n) is 7.72. The van der Waals surface area contributed by atoms with E-state index < -0.39 is 6.04 Å². The lowest BCUT2D eigenvalue weighted by atomic mass is 9.95. The number of hydrogen-bond donors (Lipinski definition) is 2. The molecule has 1 unspecified atom stereocenters. The van der Waals surface area contributed by atoms with Gasteiger partial charge in [0.1, 0.15) is 11.8 Å². The van der Waals surface area contributed by atoms with E-state index in [4.69, 9.17) is 4.74 Å². The first kappa shape index (κ1) is 23.5. The largest absolute Gasteiger partial charge is 0.497 e. The Morgan fingerprint density at radius 2 is 1.91 bits per heavy atom. The Balaban J connectivity index is 1.44. The number of amides is 3. The molecule has 2 aromatic rings. The van der Waals surface area contributed by atoms with Crippen molar-refractivity contribution in [2.24, 2.45) is 5.92 Å². The van der Waals surface area contributed by atoms with Gasteiger partial charge in [0.2, 0.25) is 17.7 Å². The van der Waals surface area contributed by atoms with Crippen LogP contribution < -0.4 is 15.4 Å². The number of aromatic nitrogens is 1. The summed E-state index contributed by atoms with van der Waals surface area (Å²) in [7, 11) is 1.59. The number of ether oxygens (including phenoxy) is 1. The van der Waals surface area contributed by atoms with Crippen molar-refractivity contribution >= 4 is 40.3 Å². The molecule has 0 saturated carbocycles. The van der Waals surface area contributed by atoms with Crippen LogP contribution in [0.4, 0.5) is 5.13 Å². The molecule has 32 heavy (non-hydrogen) atoms. The van der Waals surface area contributed by atoms with Gasteiger partial charge in [-0.3, -0.25) is 14.4 Å². The van der Waals surface area contributed by atoms with Crippen molar-refractivity contribution in [3.05, 3.63) is 47.0 Å². The van der Waals surface area contributed by atoms with Crippen LogP contribution in [0.25, 0.3) is 6.08 Å². The van der Waals surface area contributed by atoms with Gasteiger partial charge >= 0.3 is 0 Å². The van der Waals surface area contributed by atoms with Crippen LogP contribution >= 0.6 is 11.3 Å². The summed E-state index contributed by atoms with van der Waals surface area (Å²) in [5.41, 5.74) is 1.73. The van der Waals surface area contributed by atoms with Gasteiger partial charge in [-0.05, 0) is 50.5 Å². The highest BCUT2D eigenvalue weighted by molar-refractivity contribution is 7.13. The first-order valence-corrected chi connectivity index (χ1v) is 11.4. The zero-order chi connectivity index (χ0) is 23.1. The van der Waals surface area contributed by atoms with Crippen LogP contribution in [0.2, 0.25) is 0 Å². The Labute approximate surface area is 191 Å². The summed E-state index contributed by atoms with van der Waals surface area (Å²) in [5.74, 6) is 0.0442. The van der Waals surface area contributed by atoms with Gasteiger partial charge in [0.25, 0.3) is 0 Å². The number of likely N-dealkylation sites (tertiary alicyclic amines) is 1. The number of rotatable bonds is 7. The van der Waals surface area contributed by atoms with Crippen molar-refractivity contribution in [2.75, 3.05) is 25.5 Å². The summed E-state index contributed by atoms with van der Waals surface area (Å²) in [6.45, 7) is 4.52. The van der Waals surface area contributed by atoms with E-state index in [2.05, 4.69) is 15.6 Å². The summed E-state index contributed by atoms with van der Waals surface area (Å²) >= 11 is 1.40. The molecule has 2 N–H and O–H groups in total. The number of benzene rings is 1. The molecule has 0 bridgehead atoms. The fourth-order valence-corrected chi connectivity index (χ4v) is 4.16. The molecule has 1 fully saturated rings. The molecule has 3 rings (SSSR count). The fraction of sp³-hybridized carbons (Fsp3) is 0.391. The van der Waals surface area contributed by atoms with Crippen molar-refractivity contribution in [3.8, 4) is 5.75 Å².